The molecule has 74 valence electrons. The van der Waals surface area contributed by atoms with Gasteiger partial charge in [-0.15, -0.1) is 0 Å². The fourth-order valence-corrected chi connectivity index (χ4v) is 0.289. The highest BCUT2D eigenvalue weighted by Crippen LogP contribution is 1.76. The van der Waals surface area contributed by atoms with Crippen LogP contribution in [0.4, 0.5) is 0 Å². The highest BCUT2D eigenvalue weighted by molar-refractivity contribution is 4.69. The second-order valence-electron chi connectivity index (χ2n) is 1.80. The average molecular weight is 175 g/mol. The van der Waals surface area contributed by atoms with Crippen LogP contribution in [0.15, 0.2) is 24.7 Å². The zero-order valence-corrected chi connectivity index (χ0v) is 7.54. The fourth-order valence-electron chi connectivity index (χ4n) is 0.289. The Balaban J connectivity index is -0.000000143. The first kappa shape index (κ1) is 13.7. The van der Waals surface area contributed by atoms with E-state index in [0.29, 0.717) is 0 Å². The lowest BCUT2D eigenvalue weighted by Crippen LogP contribution is -1.61. The maximum absolute atomic E-state index is 6.12. The summed E-state index contributed by atoms with van der Waals surface area (Å²) in [4.78, 5) is 0. The van der Waals surface area contributed by atoms with Crippen LogP contribution in [-0.2, 0) is 4.74 Å². The molecule has 0 fully saturated rings. The van der Waals surface area contributed by atoms with Crippen molar-refractivity contribution in [2.75, 3.05) is 7.11 Å². The number of hydrogen-bond acceptors (Lipinski definition) is 2. The van der Waals surface area contributed by atoms with Crippen LogP contribution in [-0.4, -0.2) is 12.2 Å². The van der Waals surface area contributed by atoms with Gasteiger partial charge in [0, 0.05) is 0 Å². The van der Waals surface area contributed by atoms with E-state index in [1.807, 2.05) is 13.0 Å². The largest absolute Gasteiger partial charge is 0.516 e. The van der Waals surface area contributed by atoms with Crippen LogP contribution >= 0.6 is 0 Å². The van der Waals surface area contributed by atoms with Crippen LogP contribution in [0.3, 0.4) is 0 Å². The van der Waals surface area contributed by atoms with E-state index < -0.39 is 0 Å². The van der Waals surface area contributed by atoms with Crippen LogP contribution in [0.2, 0.25) is 0 Å². The van der Waals surface area contributed by atoms with Gasteiger partial charge in [0.05, 0.1) is 19.6 Å². The maximum atomic E-state index is 6.12. The summed E-state index contributed by atoms with van der Waals surface area (Å²) in [5.74, 6) is 0. The molecular formula is C10H22O2. The molecule has 0 aliphatic carbocycles. The summed E-state index contributed by atoms with van der Waals surface area (Å²) in [6.07, 6.45) is 8.74. The third-order valence-electron chi connectivity index (χ3n) is 0.800. The second kappa shape index (κ2) is 22.5. The Kier molecular flexibility index (Phi) is 25.6. The Labute approximate surface area is 78.1 Å². The van der Waals surface area contributed by atoms with E-state index in [9.17, 15) is 0 Å². The van der Waals surface area contributed by atoms with Gasteiger partial charge in [0.1, 0.15) is 0 Å². The predicted octanol–water partition coefficient (Wildman–Crippen LogP) is 3.66. The quantitative estimate of drug-likeness (QED) is 0.661. The monoisotopic (exact) mass is 175 g/mol. The Bertz CT molecular complexity index is 85.5. The minimum Gasteiger partial charge on any atom is -0.516 e. The van der Waals surface area contributed by atoms with Gasteiger partial charge >= 0.3 is 0 Å². The Morgan fingerprint density at radius 1 is 1.33 bits per heavy atom. The Morgan fingerprint density at radius 2 is 1.92 bits per heavy atom. The van der Waals surface area contributed by atoms with Gasteiger partial charge in [0.25, 0.3) is 1.43 Å². The van der Waals surface area contributed by atoms with Gasteiger partial charge in [-0.3, -0.25) is 0 Å². The van der Waals surface area contributed by atoms with E-state index in [1.54, 1.807) is 19.4 Å². The molecule has 0 saturated carbocycles. The van der Waals surface area contributed by atoms with Gasteiger partial charge in [-0.1, -0.05) is 33.4 Å². The second-order valence-corrected chi connectivity index (χ2v) is 1.80. The number of allylic oxidation sites excluding steroid dienone is 2. The van der Waals surface area contributed by atoms with Gasteiger partial charge in [0.15, 0.2) is 0 Å². The lowest BCUT2D eigenvalue weighted by Gasteiger charge is -1.80. The van der Waals surface area contributed by atoms with Gasteiger partial charge in [-0.25, -0.2) is 0 Å². The summed E-state index contributed by atoms with van der Waals surface area (Å²) in [5.41, 5.74) is 0. The van der Waals surface area contributed by atoms with Crippen molar-refractivity contribution in [3.8, 4) is 0 Å². The van der Waals surface area contributed by atoms with Crippen LogP contribution in [0, 0.1) is 0 Å². The first-order valence-corrected chi connectivity index (χ1v) is 3.78. The standard InChI is InChI=1S/C5H10O.C4H8O.CH4/c1-3-4-5-6-2;1-2-3-4-5;/h4-5H,3H2,1-2H3;3-5H,2H2,1H3;1H4/i/hD. The van der Waals surface area contributed by atoms with Gasteiger partial charge < -0.3 is 9.85 Å². The van der Waals surface area contributed by atoms with Crippen molar-refractivity contribution in [1.82, 2.24) is 0 Å². The molecule has 0 unspecified atom stereocenters. The summed E-state index contributed by atoms with van der Waals surface area (Å²) < 4.78 is 10.7. The molecule has 0 spiro atoms. The minimum absolute atomic E-state index is 0. The van der Waals surface area contributed by atoms with Crippen LogP contribution in [0.25, 0.3) is 1.43 Å². The first-order chi connectivity index (χ1) is 5.83. The molecule has 0 saturated heterocycles. The topological polar surface area (TPSA) is 29.5 Å². The van der Waals surface area contributed by atoms with E-state index in [4.69, 9.17) is 1.43 Å². The summed E-state index contributed by atoms with van der Waals surface area (Å²) in [6, 6.07) is 0. The summed E-state index contributed by atoms with van der Waals surface area (Å²) in [6.45, 7) is 4.05. The number of ether oxygens (including phenoxy) is 1. The average Bonchev–Trinajstić information content (AvgIpc) is 2.12. The van der Waals surface area contributed by atoms with Crippen molar-refractivity contribution in [2.24, 2.45) is 0 Å². The van der Waals surface area contributed by atoms with E-state index in [1.165, 1.54) is 6.26 Å². The smallest absolute Gasteiger partial charge is 0.292 e. The van der Waals surface area contributed by atoms with E-state index in [0.717, 1.165) is 12.8 Å². The molecule has 0 amide bonds. The number of aliphatic hydroxyl groups excluding tert-OH is 1. The van der Waals surface area contributed by atoms with Crippen LogP contribution in [0.1, 0.15) is 34.1 Å². The highest BCUT2D eigenvalue weighted by atomic mass is 16.5. The first-order valence-electron chi connectivity index (χ1n) is 4.19. The molecule has 12 heavy (non-hydrogen) atoms. The van der Waals surface area contributed by atoms with Crippen molar-refractivity contribution in [1.29, 1.82) is 1.43 Å². The molecule has 0 rings (SSSR count). The Hall–Kier alpha value is -0.920. The van der Waals surface area contributed by atoms with E-state index >= 15 is 0 Å². The Morgan fingerprint density at radius 3 is 2.08 bits per heavy atom. The number of aliphatic hydroxyl groups is 1. The van der Waals surface area contributed by atoms with Gasteiger partial charge in [-0.2, -0.15) is 0 Å². The molecule has 0 aromatic rings. The summed E-state index contributed by atoms with van der Waals surface area (Å²) in [7, 11) is 1.64. The van der Waals surface area contributed by atoms with Gasteiger partial charge in [0.2, 0.25) is 0 Å². The summed E-state index contributed by atoms with van der Waals surface area (Å²) >= 11 is 0. The molecule has 1 N–H and O–H groups in total. The van der Waals surface area contributed by atoms with Crippen LogP contribution < -0.4 is 0 Å². The molecule has 0 aliphatic rings. The molecule has 0 heterocycles. The lowest BCUT2D eigenvalue weighted by molar-refractivity contribution is 0.336. The molecule has 0 radical (unpaired) electrons. The molecule has 0 aromatic heterocycles. The molecule has 0 atom stereocenters. The third kappa shape index (κ3) is 35.6. The third-order valence-corrected chi connectivity index (χ3v) is 0.800. The number of methoxy groups -OCH3 is 1. The molecule has 0 aromatic carbocycles. The molecule has 2 heteroatoms. The van der Waals surface area contributed by atoms with Gasteiger partial charge in [-0.05, 0) is 12.8 Å². The highest BCUT2D eigenvalue weighted by Gasteiger charge is 1.58. The molecule has 2 nitrogen and oxygen atoms in total. The minimum atomic E-state index is 0. The van der Waals surface area contributed by atoms with Crippen molar-refractivity contribution >= 4 is 0 Å². The van der Waals surface area contributed by atoms with Crippen molar-refractivity contribution in [3.63, 3.8) is 0 Å². The van der Waals surface area contributed by atoms with Crippen molar-refractivity contribution in [3.05, 3.63) is 24.7 Å². The number of rotatable bonds is 4. The zero-order valence-electron chi connectivity index (χ0n) is 8.54. The molecular weight excluding hydrogens is 152 g/mol. The maximum Gasteiger partial charge on any atom is 0.292 e. The van der Waals surface area contributed by atoms with E-state index in [2.05, 4.69) is 16.8 Å². The van der Waals surface area contributed by atoms with E-state index in [-0.39, 0.29) is 7.43 Å². The zero-order chi connectivity index (χ0) is 9.66. The normalized spacial score (nSPS) is 9.75. The predicted molar refractivity (Wildman–Crippen MR) is 55.2 cm³/mol. The molecule has 0 bridgehead atoms. The SMILES string of the molecule is C.CCC=COC.[2H]OC=CCC. The fraction of sp³-hybridized carbons (Fsp3) is 0.600. The van der Waals surface area contributed by atoms with Crippen LogP contribution in [0.5, 0.6) is 0 Å². The number of hydrogen-bond donors (Lipinski definition) is 1. The molecule has 0 aliphatic heterocycles. The summed E-state index contributed by atoms with van der Waals surface area (Å²) in [5, 5.41) is 3.85. The lowest BCUT2D eigenvalue weighted by atomic mass is 10.5. The van der Waals surface area contributed by atoms with Crippen molar-refractivity contribution < 1.29 is 9.85 Å². The van der Waals surface area contributed by atoms with Crippen molar-refractivity contribution in [2.45, 2.75) is 34.1 Å².